The Balaban J connectivity index is 1.75. The number of hydrogen-bond acceptors (Lipinski definition) is 5. The van der Waals surface area contributed by atoms with E-state index in [4.69, 9.17) is 20.2 Å². The summed E-state index contributed by atoms with van der Waals surface area (Å²) >= 11 is 0. The van der Waals surface area contributed by atoms with Crippen LogP contribution in [0.2, 0.25) is 0 Å². The predicted octanol–water partition coefficient (Wildman–Crippen LogP) is 4.69. The van der Waals surface area contributed by atoms with Crippen LogP contribution in [0.5, 0.6) is 5.75 Å². The summed E-state index contributed by atoms with van der Waals surface area (Å²) in [6.45, 7) is 6.60. The van der Waals surface area contributed by atoms with E-state index in [1.54, 1.807) is 0 Å². The highest BCUT2D eigenvalue weighted by Crippen LogP contribution is 2.31. The molecule has 0 aliphatic heterocycles. The van der Waals surface area contributed by atoms with Gasteiger partial charge >= 0.3 is 0 Å². The molecule has 0 aliphatic rings. The van der Waals surface area contributed by atoms with Gasteiger partial charge in [0.05, 0.1) is 11.0 Å². The van der Waals surface area contributed by atoms with E-state index < -0.39 is 0 Å². The Kier molecular flexibility index (Phi) is 5.62. The minimum absolute atomic E-state index is 0.431. The third-order valence-electron chi connectivity index (χ3n) is 4.89. The summed E-state index contributed by atoms with van der Waals surface area (Å²) in [5, 5.41) is 1.02. The van der Waals surface area contributed by atoms with Crippen molar-refractivity contribution in [3.63, 3.8) is 0 Å². The number of nitrogens with two attached hydrogens (primary N) is 1. The van der Waals surface area contributed by atoms with Crippen LogP contribution >= 0.6 is 0 Å². The van der Waals surface area contributed by atoms with E-state index >= 15 is 0 Å². The van der Waals surface area contributed by atoms with E-state index in [0.717, 1.165) is 52.0 Å². The lowest BCUT2D eigenvalue weighted by Gasteiger charge is -2.11. The highest BCUT2D eigenvalue weighted by molar-refractivity contribution is 6.06. The molecule has 0 radical (unpaired) electrons. The Morgan fingerprint density at radius 3 is 2.59 bits per heavy atom. The van der Waals surface area contributed by atoms with Crippen molar-refractivity contribution >= 4 is 27.8 Å². The number of benzene rings is 2. The molecule has 0 saturated carbocycles. The van der Waals surface area contributed by atoms with Crippen molar-refractivity contribution in [3.05, 3.63) is 59.9 Å². The van der Waals surface area contributed by atoms with E-state index in [9.17, 15) is 0 Å². The number of hydrogen-bond donors (Lipinski definition) is 1. The average Bonchev–Trinajstić information content (AvgIpc) is 3.11. The van der Waals surface area contributed by atoms with Gasteiger partial charge in [-0.05, 0) is 31.0 Å². The average molecular weight is 390 g/mol. The van der Waals surface area contributed by atoms with Gasteiger partial charge in [-0.15, -0.1) is 0 Å². The van der Waals surface area contributed by atoms with Crippen molar-refractivity contribution in [2.45, 2.75) is 40.0 Å². The fourth-order valence-electron chi connectivity index (χ4n) is 3.54. The first-order valence-corrected chi connectivity index (χ1v) is 10.0. The Labute approximate surface area is 170 Å². The molecule has 0 saturated heterocycles. The molecule has 0 unspecified atom stereocenters. The maximum Gasteiger partial charge on any atom is 0.152 e. The van der Waals surface area contributed by atoms with Crippen molar-refractivity contribution in [3.8, 4) is 5.75 Å². The molecule has 4 rings (SSSR count). The van der Waals surface area contributed by atoms with Crippen molar-refractivity contribution in [1.82, 2.24) is 14.5 Å². The zero-order valence-corrected chi connectivity index (χ0v) is 16.9. The fraction of sp³-hybridized carbons (Fsp3) is 0.304. The maximum atomic E-state index is 6.28. The number of aromatic nitrogens is 3. The number of fused-ring (bicyclic) bond motifs is 3. The molecule has 2 heterocycles. The number of pyridine rings is 1. The van der Waals surface area contributed by atoms with Gasteiger partial charge < -0.3 is 19.8 Å². The number of nitrogens with zero attached hydrogens (tertiary/aromatic N) is 3. The SMILES string of the molecule is CCCn1c(COCC)nc2c(N)nc3cc(OCc4ccccc4)ccc3c21. The second kappa shape index (κ2) is 8.49. The summed E-state index contributed by atoms with van der Waals surface area (Å²) in [7, 11) is 0. The van der Waals surface area contributed by atoms with E-state index in [1.165, 1.54) is 0 Å². The molecule has 0 aliphatic carbocycles. The van der Waals surface area contributed by atoms with Gasteiger partial charge in [-0.25, -0.2) is 9.97 Å². The van der Waals surface area contributed by atoms with Crippen LogP contribution < -0.4 is 10.5 Å². The van der Waals surface area contributed by atoms with Crippen LogP contribution in [0.3, 0.4) is 0 Å². The molecule has 2 aromatic heterocycles. The largest absolute Gasteiger partial charge is 0.489 e. The van der Waals surface area contributed by atoms with Gasteiger partial charge in [0.25, 0.3) is 0 Å². The molecule has 0 fully saturated rings. The topological polar surface area (TPSA) is 75.2 Å². The van der Waals surface area contributed by atoms with Gasteiger partial charge in [0.2, 0.25) is 0 Å². The summed E-state index contributed by atoms with van der Waals surface area (Å²) in [5.74, 6) is 2.08. The van der Waals surface area contributed by atoms with Gasteiger partial charge in [-0.1, -0.05) is 37.3 Å². The van der Waals surface area contributed by atoms with Crippen LogP contribution in [0, 0.1) is 0 Å². The monoisotopic (exact) mass is 390 g/mol. The molecule has 2 aromatic carbocycles. The Morgan fingerprint density at radius 1 is 1.00 bits per heavy atom. The summed E-state index contributed by atoms with van der Waals surface area (Å²) < 4.78 is 13.8. The Morgan fingerprint density at radius 2 is 1.83 bits per heavy atom. The van der Waals surface area contributed by atoms with Crippen molar-refractivity contribution in [2.24, 2.45) is 0 Å². The second-order valence-corrected chi connectivity index (χ2v) is 6.96. The molecule has 0 atom stereocenters. The Hall–Kier alpha value is -3.12. The fourth-order valence-corrected chi connectivity index (χ4v) is 3.54. The minimum atomic E-state index is 0.431. The molecule has 0 spiro atoms. The smallest absolute Gasteiger partial charge is 0.152 e. The standard InChI is InChI=1S/C23H26N4O2/c1-3-12-27-20(15-28-4-2)26-21-22(27)18-11-10-17(13-19(18)25-23(21)24)29-14-16-8-6-5-7-9-16/h5-11,13H,3-4,12,14-15H2,1-2H3,(H2,24,25). The molecule has 4 aromatic rings. The van der Waals surface area contributed by atoms with Crippen LogP contribution in [0.4, 0.5) is 5.82 Å². The molecule has 0 bridgehead atoms. The number of rotatable bonds is 8. The molecule has 6 heteroatoms. The summed E-state index contributed by atoms with van der Waals surface area (Å²) in [6, 6.07) is 16.1. The number of ether oxygens (including phenoxy) is 2. The first-order chi connectivity index (χ1) is 14.2. The van der Waals surface area contributed by atoms with Gasteiger partial charge in [0.15, 0.2) is 5.82 Å². The van der Waals surface area contributed by atoms with Crippen LogP contribution in [0.15, 0.2) is 48.5 Å². The zero-order chi connectivity index (χ0) is 20.2. The third-order valence-corrected chi connectivity index (χ3v) is 4.89. The molecule has 29 heavy (non-hydrogen) atoms. The third kappa shape index (κ3) is 3.89. The maximum absolute atomic E-state index is 6.28. The highest BCUT2D eigenvalue weighted by Gasteiger charge is 2.17. The number of aryl methyl sites for hydroxylation is 1. The quantitative estimate of drug-likeness (QED) is 0.472. The molecule has 150 valence electrons. The predicted molar refractivity (Wildman–Crippen MR) is 116 cm³/mol. The van der Waals surface area contributed by atoms with Crippen LogP contribution in [-0.4, -0.2) is 21.1 Å². The van der Waals surface area contributed by atoms with Gasteiger partial charge in [0.1, 0.15) is 30.3 Å². The lowest BCUT2D eigenvalue weighted by Crippen LogP contribution is -2.06. The van der Waals surface area contributed by atoms with Crippen LogP contribution in [0.1, 0.15) is 31.7 Å². The first kappa shape index (κ1) is 19.2. The first-order valence-electron chi connectivity index (χ1n) is 10.0. The van der Waals surface area contributed by atoms with Gasteiger partial charge in [-0.2, -0.15) is 0 Å². The van der Waals surface area contributed by atoms with Gasteiger partial charge in [-0.3, -0.25) is 0 Å². The molecule has 0 amide bonds. The van der Waals surface area contributed by atoms with E-state index in [-0.39, 0.29) is 0 Å². The number of imidazole rings is 1. The summed E-state index contributed by atoms with van der Waals surface area (Å²) in [4.78, 5) is 9.33. The Bertz CT molecular complexity index is 1120. The normalized spacial score (nSPS) is 11.4. The van der Waals surface area contributed by atoms with Crippen molar-refractivity contribution < 1.29 is 9.47 Å². The van der Waals surface area contributed by atoms with Crippen LogP contribution in [0.25, 0.3) is 21.9 Å². The number of anilines is 1. The highest BCUT2D eigenvalue weighted by atomic mass is 16.5. The van der Waals surface area contributed by atoms with E-state index in [1.807, 2.05) is 55.5 Å². The minimum Gasteiger partial charge on any atom is -0.489 e. The summed E-state index contributed by atoms with van der Waals surface area (Å²) in [6.07, 6.45) is 0.993. The molecular formula is C23H26N4O2. The van der Waals surface area contributed by atoms with E-state index in [2.05, 4.69) is 16.5 Å². The lowest BCUT2D eigenvalue weighted by atomic mass is 10.1. The summed E-state index contributed by atoms with van der Waals surface area (Å²) in [5.41, 5.74) is 9.95. The lowest BCUT2D eigenvalue weighted by molar-refractivity contribution is 0.126. The number of nitrogen functional groups attached to an aromatic ring is 1. The van der Waals surface area contributed by atoms with Crippen molar-refractivity contribution in [2.75, 3.05) is 12.3 Å². The van der Waals surface area contributed by atoms with Gasteiger partial charge in [0, 0.05) is 24.6 Å². The van der Waals surface area contributed by atoms with Crippen LogP contribution in [-0.2, 0) is 24.5 Å². The molecule has 6 nitrogen and oxygen atoms in total. The molecule has 2 N–H and O–H groups in total. The molecular weight excluding hydrogens is 364 g/mol. The van der Waals surface area contributed by atoms with Crippen molar-refractivity contribution in [1.29, 1.82) is 0 Å². The zero-order valence-electron chi connectivity index (χ0n) is 16.9. The van der Waals surface area contributed by atoms with E-state index in [0.29, 0.717) is 25.6 Å². The second-order valence-electron chi connectivity index (χ2n) is 6.96.